The molecule has 5 N–H and O–H groups in total. The number of aliphatic hydroxyl groups excluding tert-OH is 3. The summed E-state index contributed by atoms with van der Waals surface area (Å²) in [5, 5.41) is 29.9. The standard InChI is InChI=1S/C18H18FN5O4/c19-10-4-1-9(2-5-10)3-6-12-23-13-16(20)21-8-22-17(13)24(12)18-15(27)14(26)11(7-25)28-18/h1-6,8,11,14-15,18,25-27H,7H2,(H2,20,21,22)/b6-3+/t11-,14-,15-,18-/m1/s1. The largest absolute Gasteiger partial charge is 0.394 e. The highest BCUT2D eigenvalue weighted by molar-refractivity contribution is 5.84. The lowest BCUT2D eigenvalue weighted by atomic mass is 10.1. The van der Waals surface area contributed by atoms with E-state index in [1.54, 1.807) is 24.3 Å². The van der Waals surface area contributed by atoms with E-state index in [2.05, 4.69) is 15.0 Å². The summed E-state index contributed by atoms with van der Waals surface area (Å²) < 4.78 is 20.2. The minimum absolute atomic E-state index is 0.145. The van der Waals surface area contributed by atoms with E-state index in [1.165, 1.54) is 23.0 Å². The summed E-state index contributed by atoms with van der Waals surface area (Å²) in [5.41, 5.74) is 7.22. The summed E-state index contributed by atoms with van der Waals surface area (Å²) in [6.45, 7) is -0.459. The van der Waals surface area contributed by atoms with Crippen LogP contribution in [0.25, 0.3) is 23.3 Å². The molecule has 3 heterocycles. The maximum absolute atomic E-state index is 13.1. The molecule has 1 fully saturated rings. The van der Waals surface area contributed by atoms with Gasteiger partial charge in [-0.2, -0.15) is 0 Å². The predicted molar refractivity (Wildman–Crippen MR) is 98.1 cm³/mol. The lowest BCUT2D eigenvalue weighted by molar-refractivity contribution is -0.0513. The smallest absolute Gasteiger partial charge is 0.168 e. The zero-order valence-corrected chi connectivity index (χ0v) is 14.6. The molecule has 1 aliphatic rings. The molecule has 0 bridgehead atoms. The zero-order chi connectivity index (χ0) is 19.8. The Morgan fingerprint density at radius 1 is 1.14 bits per heavy atom. The van der Waals surface area contributed by atoms with Gasteiger partial charge >= 0.3 is 0 Å². The Morgan fingerprint density at radius 2 is 1.89 bits per heavy atom. The van der Waals surface area contributed by atoms with Crippen LogP contribution in [0.2, 0.25) is 0 Å². The number of aromatic nitrogens is 4. The van der Waals surface area contributed by atoms with Gasteiger partial charge in [0.2, 0.25) is 0 Å². The van der Waals surface area contributed by atoms with Crippen LogP contribution in [0.5, 0.6) is 0 Å². The molecule has 28 heavy (non-hydrogen) atoms. The monoisotopic (exact) mass is 387 g/mol. The summed E-state index contributed by atoms with van der Waals surface area (Å²) in [7, 11) is 0. The van der Waals surface area contributed by atoms with Gasteiger partial charge in [-0.05, 0) is 23.8 Å². The highest BCUT2D eigenvalue weighted by Crippen LogP contribution is 2.34. The number of ether oxygens (including phenoxy) is 1. The molecule has 1 saturated heterocycles. The van der Waals surface area contributed by atoms with Gasteiger partial charge in [0.15, 0.2) is 23.2 Å². The summed E-state index contributed by atoms with van der Waals surface area (Å²) in [5.74, 6) is 0.132. The Kier molecular flexibility index (Phi) is 4.77. The summed E-state index contributed by atoms with van der Waals surface area (Å²) in [6, 6.07) is 5.86. The summed E-state index contributed by atoms with van der Waals surface area (Å²) in [4.78, 5) is 12.5. The van der Waals surface area contributed by atoms with Crippen LogP contribution < -0.4 is 5.73 Å². The predicted octanol–water partition coefficient (Wildman–Crippen LogP) is 0.329. The Labute approximate surface area is 158 Å². The molecule has 0 aliphatic carbocycles. The van der Waals surface area contributed by atoms with E-state index in [0.717, 1.165) is 5.56 Å². The maximum atomic E-state index is 13.1. The van der Waals surface area contributed by atoms with Gasteiger partial charge in [-0.1, -0.05) is 18.2 Å². The first-order valence-corrected chi connectivity index (χ1v) is 8.54. The van der Waals surface area contributed by atoms with Crippen LogP contribution in [0, 0.1) is 5.82 Å². The third kappa shape index (κ3) is 3.12. The lowest BCUT2D eigenvalue weighted by Gasteiger charge is -2.18. The third-order valence-electron chi connectivity index (χ3n) is 4.60. The van der Waals surface area contributed by atoms with Crippen LogP contribution >= 0.6 is 0 Å². The van der Waals surface area contributed by atoms with Gasteiger partial charge in [-0.25, -0.2) is 19.3 Å². The van der Waals surface area contributed by atoms with Crippen LogP contribution in [0.3, 0.4) is 0 Å². The van der Waals surface area contributed by atoms with Crippen molar-refractivity contribution in [2.24, 2.45) is 0 Å². The minimum atomic E-state index is -1.32. The third-order valence-corrected chi connectivity index (χ3v) is 4.60. The van der Waals surface area contributed by atoms with E-state index in [-0.39, 0.29) is 11.6 Å². The quantitative estimate of drug-likeness (QED) is 0.502. The molecule has 4 rings (SSSR count). The fraction of sp³-hybridized carbons (Fsp3) is 0.278. The van der Waals surface area contributed by atoms with E-state index in [9.17, 15) is 19.7 Å². The number of nitrogens with two attached hydrogens (primary N) is 1. The molecule has 0 amide bonds. The van der Waals surface area contributed by atoms with Gasteiger partial charge in [-0.3, -0.25) is 4.57 Å². The molecule has 146 valence electrons. The van der Waals surface area contributed by atoms with Gasteiger partial charge < -0.3 is 25.8 Å². The first kappa shape index (κ1) is 18.4. The second-order valence-electron chi connectivity index (χ2n) is 6.38. The van der Waals surface area contributed by atoms with E-state index in [4.69, 9.17) is 10.5 Å². The normalized spacial score (nSPS) is 25.1. The number of anilines is 1. The van der Waals surface area contributed by atoms with Gasteiger partial charge in [0.25, 0.3) is 0 Å². The van der Waals surface area contributed by atoms with Crippen molar-refractivity contribution in [2.75, 3.05) is 12.3 Å². The Bertz CT molecular complexity index is 1020. The summed E-state index contributed by atoms with van der Waals surface area (Å²) in [6.07, 6.45) is -0.00963. The first-order chi connectivity index (χ1) is 13.5. The summed E-state index contributed by atoms with van der Waals surface area (Å²) >= 11 is 0. The number of benzene rings is 1. The van der Waals surface area contributed by atoms with Gasteiger partial charge in [-0.15, -0.1) is 0 Å². The minimum Gasteiger partial charge on any atom is -0.394 e. The van der Waals surface area contributed by atoms with Crippen molar-refractivity contribution in [3.05, 3.63) is 47.8 Å². The van der Waals surface area contributed by atoms with Crippen molar-refractivity contribution >= 4 is 29.1 Å². The van der Waals surface area contributed by atoms with Crippen molar-refractivity contribution in [3.8, 4) is 0 Å². The number of nitrogens with zero attached hydrogens (tertiary/aromatic N) is 4. The van der Waals surface area contributed by atoms with Crippen molar-refractivity contribution in [1.82, 2.24) is 19.5 Å². The molecule has 0 unspecified atom stereocenters. The Balaban J connectivity index is 1.81. The molecule has 0 spiro atoms. The number of nitrogen functional groups attached to an aromatic ring is 1. The number of imidazole rings is 1. The number of fused-ring (bicyclic) bond motifs is 1. The Morgan fingerprint density at radius 3 is 2.57 bits per heavy atom. The number of aliphatic hydroxyl groups is 3. The molecule has 0 radical (unpaired) electrons. The van der Waals surface area contributed by atoms with E-state index in [1.807, 2.05) is 0 Å². The zero-order valence-electron chi connectivity index (χ0n) is 14.6. The van der Waals surface area contributed by atoms with Crippen LogP contribution in [0.4, 0.5) is 10.2 Å². The van der Waals surface area contributed by atoms with Gasteiger partial charge in [0.05, 0.1) is 6.61 Å². The van der Waals surface area contributed by atoms with E-state index in [0.29, 0.717) is 17.0 Å². The van der Waals surface area contributed by atoms with Crippen molar-refractivity contribution in [1.29, 1.82) is 0 Å². The van der Waals surface area contributed by atoms with Crippen LogP contribution in [0.15, 0.2) is 30.6 Å². The van der Waals surface area contributed by atoms with Crippen molar-refractivity contribution in [2.45, 2.75) is 24.5 Å². The van der Waals surface area contributed by atoms with Crippen LogP contribution in [0.1, 0.15) is 17.6 Å². The van der Waals surface area contributed by atoms with Gasteiger partial charge in [0.1, 0.15) is 36.3 Å². The molecule has 0 saturated carbocycles. The molecule has 10 heteroatoms. The van der Waals surface area contributed by atoms with Crippen molar-refractivity contribution in [3.63, 3.8) is 0 Å². The number of halogens is 1. The fourth-order valence-electron chi connectivity index (χ4n) is 3.15. The first-order valence-electron chi connectivity index (χ1n) is 8.54. The van der Waals surface area contributed by atoms with Crippen LogP contribution in [-0.4, -0.2) is 59.8 Å². The second kappa shape index (κ2) is 7.24. The fourth-order valence-corrected chi connectivity index (χ4v) is 3.15. The van der Waals surface area contributed by atoms with Crippen molar-refractivity contribution < 1.29 is 24.4 Å². The topological polar surface area (TPSA) is 140 Å². The van der Waals surface area contributed by atoms with Crippen LogP contribution in [-0.2, 0) is 4.74 Å². The molecular weight excluding hydrogens is 369 g/mol. The molecule has 4 atom stereocenters. The lowest BCUT2D eigenvalue weighted by Crippen LogP contribution is -2.33. The number of hydrogen-bond acceptors (Lipinski definition) is 8. The van der Waals surface area contributed by atoms with Gasteiger partial charge in [0, 0.05) is 0 Å². The Hall–Kier alpha value is -2.92. The highest BCUT2D eigenvalue weighted by Gasteiger charge is 2.44. The molecular formula is C18H18FN5O4. The molecule has 3 aromatic rings. The number of hydrogen-bond donors (Lipinski definition) is 4. The van der Waals surface area contributed by atoms with E-state index >= 15 is 0 Å². The average Bonchev–Trinajstić information content (AvgIpc) is 3.20. The average molecular weight is 387 g/mol. The maximum Gasteiger partial charge on any atom is 0.168 e. The van der Waals surface area contributed by atoms with E-state index < -0.39 is 31.1 Å². The molecule has 1 aromatic carbocycles. The molecule has 1 aliphatic heterocycles. The second-order valence-corrected chi connectivity index (χ2v) is 6.38. The SMILES string of the molecule is Nc1ncnc2c1nc(/C=C/c1ccc(F)cc1)n2[C@@H]1O[C@H](CO)[C@@H](O)[C@H]1O. The number of rotatable bonds is 4. The molecule has 2 aromatic heterocycles. The highest BCUT2D eigenvalue weighted by atomic mass is 19.1. The molecule has 9 nitrogen and oxygen atoms in total.